The molecule has 0 radical (unpaired) electrons. The van der Waals surface area contributed by atoms with Gasteiger partial charge in [0.2, 0.25) is 0 Å². The van der Waals surface area contributed by atoms with E-state index in [1.807, 2.05) is 18.2 Å². The number of benzene rings is 1. The third-order valence-electron chi connectivity index (χ3n) is 3.49. The Kier molecular flexibility index (Phi) is 4.44. The minimum absolute atomic E-state index is 0.0439. The molecule has 0 aromatic heterocycles. The Morgan fingerprint density at radius 3 is 2.33 bits per heavy atom. The summed E-state index contributed by atoms with van der Waals surface area (Å²) in [6.07, 6.45) is 6.32. The average molecular weight is 241 g/mol. The van der Waals surface area contributed by atoms with Gasteiger partial charge in [-0.25, -0.2) is 0 Å². The Bertz CT molecular complexity index is 416. The van der Waals surface area contributed by atoms with Crippen molar-refractivity contribution in [2.45, 2.75) is 57.5 Å². The molecule has 1 aliphatic carbocycles. The van der Waals surface area contributed by atoms with Crippen molar-refractivity contribution in [2.24, 2.45) is 0 Å². The zero-order chi connectivity index (χ0) is 12.8. The van der Waals surface area contributed by atoms with Gasteiger partial charge in [0.1, 0.15) is 0 Å². The molecular formula is C17H23N. The Balaban J connectivity index is 2.17. The molecule has 96 valence electrons. The van der Waals surface area contributed by atoms with Crippen molar-refractivity contribution >= 4 is 0 Å². The van der Waals surface area contributed by atoms with E-state index in [0.29, 0.717) is 6.04 Å². The molecule has 1 aromatic carbocycles. The summed E-state index contributed by atoms with van der Waals surface area (Å²) < 4.78 is 0. The van der Waals surface area contributed by atoms with Crippen LogP contribution in [0.5, 0.6) is 0 Å². The van der Waals surface area contributed by atoms with E-state index < -0.39 is 0 Å². The van der Waals surface area contributed by atoms with Crippen molar-refractivity contribution in [3.8, 4) is 11.8 Å². The maximum atomic E-state index is 3.69. The lowest BCUT2D eigenvalue weighted by Gasteiger charge is -2.35. The van der Waals surface area contributed by atoms with Crippen molar-refractivity contribution in [3.05, 3.63) is 35.9 Å². The molecule has 18 heavy (non-hydrogen) atoms. The summed E-state index contributed by atoms with van der Waals surface area (Å²) in [7, 11) is 0. The maximum Gasteiger partial charge on any atom is 0.0806 e. The lowest BCUT2D eigenvalue weighted by molar-refractivity contribution is 0.282. The smallest absolute Gasteiger partial charge is 0.0806 e. The summed E-state index contributed by atoms with van der Waals surface area (Å²) in [5.74, 6) is 6.87. The molecule has 2 rings (SSSR count). The van der Waals surface area contributed by atoms with Crippen LogP contribution in [0.1, 0.15) is 51.5 Å². The van der Waals surface area contributed by atoms with Crippen molar-refractivity contribution in [3.63, 3.8) is 0 Å². The number of hydrogen-bond acceptors (Lipinski definition) is 1. The van der Waals surface area contributed by atoms with Gasteiger partial charge in [0.15, 0.2) is 0 Å². The monoisotopic (exact) mass is 241 g/mol. The van der Waals surface area contributed by atoms with Crippen molar-refractivity contribution in [1.82, 2.24) is 5.32 Å². The first kappa shape index (κ1) is 13.2. The van der Waals surface area contributed by atoms with E-state index in [1.165, 1.54) is 32.1 Å². The molecule has 0 heterocycles. The summed E-state index contributed by atoms with van der Waals surface area (Å²) >= 11 is 0. The van der Waals surface area contributed by atoms with Crippen LogP contribution in [-0.4, -0.2) is 11.6 Å². The standard InChI is InChI=1S/C17H23N/c1-15(2)18-17(12-7-4-8-13-17)14-11-16-9-5-3-6-10-16/h3,5-6,9-10,15,18H,4,7-8,12-13H2,1-2H3. The fourth-order valence-corrected chi connectivity index (χ4v) is 2.73. The third-order valence-corrected chi connectivity index (χ3v) is 3.49. The summed E-state index contributed by atoms with van der Waals surface area (Å²) in [5.41, 5.74) is 1.16. The molecule has 1 saturated carbocycles. The second kappa shape index (κ2) is 6.07. The van der Waals surface area contributed by atoms with Crippen LogP contribution in [0.2, 0.25) is 0 Å². The van der Waals surface area contributed by atoms with Crippen molar-refractivity contribution in [2.75, 3.05) is 0 Å². The van der Waals surface area contributed by atoms with Crippen molar-refractivity contribution in [1.29, 1.82) is 0 Å². The number of rotatable bonds is 2. The predicted octanol–water partition coefficient (Wildman–Crippen LogP) is 3.74. The van der Waals surface area contributed by atoms with E-state index in [4.69, 9.17) is 0 Å². The second-order valence-electron chi connectivity index (χ2n) is 5.56. The molecule has 1 fully saturated rings. The second-order valence-corrected chi connectivity index (χ2v) is 5.56. The van der Waals surface area contributed by atoms with Crippen LogP contribution < -0.4 is 5.32 Å². The van der Waals surface area contributed by atoms with Gasteiger partial charge in [0.25, 0.3) is 0 Å². The normalized spacial score (nSPS) is 18.2. The fourth-order valence-electron chi connectivity index (χ4n) is 2.73. The molecular weight excluding hydrogens is 218 g/mol. The van der Waals surface area contributed by atoms with E-state index >= 15 is 0 Å². The van der Waals surface area contributed by atoms with Crippen LogP contribution in [0.25, 0.3) is 0 Å². The summed E-state index contributed by atoms with van der Waals surface area (Å²) in [5, 5.41) is 3.69. The number of hydrogen-bond donors (Lipinski definition) is 1. The zero-order valence-electron chi connectivity index (χ0n) is 11.5. The highest BCUT2D eigenvalue weighted by Crippen LogP contribution is 2.28. The minimum Gasteiger partial charge on any atom is -0.299 e. The average Bonchev–Trinajstić information content (AvgIpc) is 2.38. The van der Waals surface area contributed by atoms with Crippen LogP contribution in [-0.2, 0) is 0 Å². The molecule has 0 spiro atoms. The summed E-state index contributed by atoms with van der Waals surface area (Å²) in [6.45, 7) is 4.42. The highest BCUT2D eigenvalue weighted by atomic mass is 15.0. The van der Waals surface area contributed by atoms with Crippen LogP contribution in [0.3, 0.4) is 0 Å². The zero-order valence-corrected chi connectivity index (χ0v) is 11.5. The van der Waals surface area contributed by atoms with Gasteiger partial charge in [-0.3, -0.25) is 5.32 Å². The molecule has 1 aromatic rings. The van der Waals surface area contributed by atoms with Gasteiger partial charge in [-0.1, -0.05) is 49.3 Å². The first-order valence-electron chi connectivity index (χ1n) is 7.06. The molecule has 0 bridgehead atoms. The molecule has 0 aliphatic heterocycles. The molecule has 1 N–H and O–H groups in total. The van der Waals surface area contributed by atoms with Crippen LogP contribution >= 0.6 is 0 Å². The van der Waals surface area contributed by atoms with E-state index in [0.717, 1.165) is 5.56 Å². The lowest BCUT2D eigenvalue weighted by Crippen LogP contribution is -2.48. The SMILES string of the molecule is CC(C)NC1(C#Cc2ccccc2)CCCCC1. The topological polar surface area (TPSA) is 12.0 Å². The fraction of sp³-hybridized carbons (Fsp3) is 0.529. The van der Waals surface area contributed by atoms with Gasteiger partial charge in [-0.05, 0) is 38.8 Å². The molecule has 0 atom stereocenters. The van der Waals surface area contributed by atoms with Gasteiger partial charge in [0, 0.05) is 11.6 Å². The van der Waals surface area contributed by atoms with E-state index in [1.54, 1.807) is 0 Å². The van der Waals surface area contributed by atoms with Crippen LogP contribution in [0.15, 0.2) is 30.3 Å². The largest absolute Gasteiger partial charge is 0.299 e. The van der Waals surface area contributed by atoms with Crippen LogP contribution in [0, 0.1) is 11.8 Å². The van der Waals surface area contributed by atoms with Crippen LogP contribution in [0.4, 0.5) is 0 Å². The first-order valence-corrected chi connectivity index (χ1v) is 7.06. The molecule has 1 aliphatic rings. The molecule has 0 unspecified atom stereocenters. The van der Waals surface area contributed by atoms with E-state index in [2.05, 4.69) is 43.1 Å². The molecule has 0 amide bonds. The Labute approximate surface area is 111 Å². The number of nitrogens with one attached hydrogen (secondary N) is 1. The summed E-state index contributed by atoms with van der Waals surface area (Å²) in [4.78, 5) is 0. The van der Waals surface area contributed by atoms with Crippen molar-refractivity contribution < 1.29 is 0 Å². The quantitative estimate of drug-likeness (QED) is 0.778. The van der Waals surface area contributed by atoms with Gasteiger partial charge in [-0.15, -0.1) is 0 Å². The van der Waals surface area contributed by atoms with Gasteiger partial charge < -0.3 is 0 Å². The molecule has 0 saturated heterocycles. The Hall–Kier alpha value is -1.26. The third kappa shape index (κ3) is 3.62. The van der Waals surface area contributed by atoms with Gasteiger partial charge in [0.05, 0.1) is 5.54 Å². The molecule has 1 nitrogen and oxygen atoms in total. The van der Waals surface area contributed by atoms with E-state index in [9.17, 15) is 0 Å². The highest BCUT2D eigenvalue weighted by Gasteiger charge is 2.30. The summed E-state index contributed by atoms with van der Waals surface area (Å²) in [6, 6.07) is 10.8. The van der Waals surface area contributed by atoms with Gasteiger partial charge >= 0.3 is 0 Å². The maximum absolute atomic E-state index is 3.69. The minimum atomic E-state index is 0.0439. The van der Waals surface area contributed by atoms with E-state index in [-0.39, 0.29) is 5.54 Å². The highest BCUT2D eigenvalue weighted by molar-refractivity contribution is 5.37. The first-order chi connectivity index (χ1) is 8.70. The molecule has 1 heteroatoms. The lowest BCUT2D eigenvalue weighted by atomic mass is 9.81. The predicted molar refractivity (Wildman–Crippen MR) is 77.4 cm³/mol. The Morgan fingerprint density at radius 2 is 1.72 bits per heavy atom. The van der Waals surface area contributed by atoms with Gasteiger partial charge in [-0.2, -0.15) is 0 Å². The Morgan fingerprint density at radius 1 is 1.06 bits per heavy atom.